The van der Waals surface area contributed by atoms with Crippen molar-refractivity contribution in [2.45, 2.75) is 6.54 Å². The van der Waals surface area contributed by atoms with Crippen LogP contribution in [0.25, 0.3) is 0 Å². The number of anilines is 4. The van der Waals surface area contributed by atoms with Crippen molar-refractivity contribution < 1.29 is 13.6 Å². The lowest BCUT2D eigenvalue weighted by atomic mass is 10.2. The normalized spacial score (nSPS) is 10.3. The first-order valence-electron chi connectivity index (χ1n) is 8.08. The van der Waals surface area contributed by atoms with E-state index in [-0.39, 0.29) is 11.6 Å². The molecule has 3 aromatic rings. The minimum absolute atomic E-state index is 0.133. The molecule has 0 aliphatic heterocycles. The second-order valence-corrected chi connectivity index (χ2v) is 5.70. The van der Waals surface area contributed by atoms with Crippen molar-refractivity contribution in [2.24, 2.45) is 0 Å². The molecule has 6 nitrogen and oxygen atoms in total. The number of halogens is 2. The third-order valence-electron chi connectivity index (χ3n) is 3.66. The summed E-state index contributed by atoms with van der Waals surface area (Å²) in [6, 6.07) is 14.2. The molecular formula is C19H17F2N5O. The number of aromatic nitrogens is 1. The molecule has 2 amide bonds. The highest BCUT2D eigenvalue weighted by Gasteiger charge is 2.08. The summed E-state index contributed by atoms with van der Waals surface area (Å²) in [6.45, 7) is 0.449. The van der Waals surface area contributed by atoms with Gasteiger partial charge in [-0.3, -0.25) is 0 Å². The van der Waals surface area contributed by atoms with Crippen LogP contribution in [0.4, 0.5) is 36.6 Å². The SMILES string of the molecule is Nc1nc(NCc2ccc(F)cc2)ccc1NC(=O)Nc1ccc(F)cc1. The smallest absolute Gasteiger partial charge is 0.323 e. The molecule has 138 valence electrons. The number of hydrogen-bond acceptors (Lipinski definition) is 4. The first kappa shape index (κ1) is 18.1. The Bertz CT molecular complexity index is 930. The number of urea groups is 1. The molecule has 5 N–H and O–H groups in total. The van der Waals surface area contributed by atoms with Crippen LogP contribution < -0.4 is 21.7 Å². The molecule has 8 heteroatoms. The van der Waals surface area contributed by atoms with E-state index in [0.29, 0.717) is 23.7 Å². The second kappa shape index (κ2) is 8.13. The Labute approximate surface area is 154 Å². The van der Waals surface area contributed by atoms with Gasteiger partial charge in [-0.25, -0.2) is 18.6 Å². The number of hydrogen-bond donors (Lipinski definition) is 4. The molecule has 0 unspecified atom stereocenters. The molecule has 1 heterocycles. The van der Waals surface area contributed by atoms with Gasteiger partial charge >= 0.3 is 6.03 Å². The highest BCUT2D eigenvalue weighted by atomic mass is 19.1. The Balaban J connectivity index is 1.58. The monoisotopic (exact) mass is 369 g/mol. The average Bonchev–Trinajstić information content (AvgIpc) is 2.65. The third-order valence-corrected chi connectivity index (χ3v) is 3.66. The van der Waals surface area contributed by atoms with Crippen molar-refractivity contribution in [3.63, 3.8) is 0 Å². The second-order valence-electron chi connectivity index (χ2n) is 5.70. The number of rotatable bonds is 5. The van der Waals surface area contributed by atoms with Gasteiger partial charge in [0.15, 0.2) is 0 Å². The summed E-state index contributed by atoms with van der Waals surface area (Å²) in [5, 5.41) is 8.21. The van der Waals surface area contributed by atoms with Gasteiger partial charge < -0.3 is 21.7 Å². The van der Waals surface area contributed by atoms with Crippen LogP contribution in [0.1, 0.15) is 5.56 Å². The van der Waals surface area contributed by atoms with E-state index < -0.39 is 11.8 Å². The van der Waals surface area contributed by atoms with Crippen LogP contribution in [0.2, 0.25) is 0 Å². The Morgan fingerprint density at radius 2 is 1.52 bits per heavy atom. The summed E-state index contributed by atoms with van der Waals surface area (Å²) in [5.41, 5.74) is 7.54. The Kier molecular flexibility index (Phi) is 5.46. The van der Waals surface area contributed by atoms with Gasteiger partial charge in [-0.05, 0) is 54.1 Å². The van der Waals surface area contributed by atoms with Crippen molar-refractivity contribution in [3.8, 4) is 0 Å². The zero-order valence-electron chi connectivity index (χ0n) is 14.2. The van der Waals surface area contributed by atoms with Gasteiger partial charge in [0.1, 0.15) is 23.3 Å². The molecule has 2 aromatic carbocycles. The van der Waals surface area contributed by atoms with E-state index in [9.17, 15) is 13.6 Å². The molecule has 0 aliphatic carbocycles. The van der Waals surface area contributed by atoms with Gasteiger partial charge in [0.25, 0.3) is 0 Å². The quantitative estimate of drug-likeness (QED) is 0.542. The van der Waals surface area contributed by atoms with Crippen molar-refractivity contribution in [1.29, 1.82) is 0 Å². The van der Waals surface area contributed by atoms with Crippen molar-refractivity contribution in [3.05, 3.63) is 77.9 Å². The summed E-state index contributed by atoms with van der Waals surface area (Å²) >= 11 is 0. The fourth-order valence-corrected chi connectivity index (χ4v) is 2.29. The van der Waals surface area contributed by atoms with Crippen molar-refractivity contribution in [2.75, 3.05) is 21.7 Å². The molecule has 0 saturated carbocycles. The van der Waals surface area contributed by atoms with Gasteiger partial charge in [0.05, 0.1) is 5.69 Å². The van der Waals surface area contributed by atoms with Gasteiger partial charge in [0, 0.05) is 12.2 Å². The number of pyridine rings is 1. The Morgan fingerprint density at radius 3 is 2.15 bits per heavy atom. The standard InChI is InChI=1S/C19H17F2N5O/c20-13-3-1-12(2-4-13)11-23-17-10-9-16(18(22)26-17)25-19(27)24-15-7-5-14(21)6-8-15/h1-10H,11H2,(H3,22,23,26)(H2,24,25,27). The first-order chi connectivity index (χ1) is 13.0. The minimum Gasteiger partial charge on any atom is -0.382 e. The number of carbonyl (C=O) groups is 1. The third kappa shape index (κ3) is 5.15. The first-order valence-corrected chi connectivity index (χ1v) is 8.08. The lowest BCUT2D eigenvalue weighted by Crippen LogP contribution is -2.20. The van der Waals surface area contributed by atoms with E-state index >= 15 is 0 Å². The maximum Gasteiger partial charge on any atom is 0.323 e. The van der Waals surface area contributed by atoms with Gasteiger partial charge in [-0.1, -0.05) is 12.1 Å². The summed E-state index contributed by atoms with van der Waals surface area (Å²) < 4.78 is 25.8. The lowest BCUT2D eigenvalue weighted by molar-refractivity contribution is 0.262. The summed E-state index contributed by atoms with van der Waals surface area (Å²) in [4.78, 5) is 16.2. The number of nitrogens with zero attached hydrogens (tertiary/aromatic N) is 1. The van der Waals surface area contributed by atoms with Gasteiger partial charge in [0.2, 0.25) is 0 Å². The van der Waals surface area contributed by atoms with Crippen LogP contribution in [-0.4, -0.2) is 11.0 Å². The molecule has 0 atom stereocenters. The fourth-order valence-electron chi connectivity index (χ4n) is 2.29. The average molecular weight is 369 g/mol. The highest BCUT2D eigenvalue weighted by Crippen LogP contribution is 2.20. The van der Waals surface area contributed by atoms with Crippen LogP contribution in [0.5, 0.6) is 0 Å². The van der Waals surface area contributed by atoms with Crippen LogP contribution in [0.15, 0.2) is 60.7 Å². The summed E-state index contributed by atoms with van der Waals surface area (Å²) in [7, 11) is 0. The highest BCUT2D eigenvalue weighted by molar-refractivity contribution is 6.01. The van der Waals surface area contributed by atoms with E-state index in [1.807, 2.05) is 0 Å². The van der Waals surface area contributed by atoms with E-state index in [4.69, 9.17) is 5.73 Å². The molecule has 0 saturated heterocycles. The molecule has 0 fully saturated rings. The maximum atomic E-state index is 12.9. The molecule has 0 aliphatic rings. The largest absolute Gasteiger partial charge is 0.382 e. The van der Waals surface area contributed by atoms with Crippen molar-refractivity contribution >= 4 is 29.0 Å². The Hall–Kier alpha value is -3.68. The number of nitrogens with one attached hydrogen (secondary N) is 3. The van der Waals surface area contributed by atoms with Crippen LogP contribution in [-0.2, 0) is 6.54 Å². The zero-order chi connectivity index (χ0) is 19.2. The number of nitrogen functional groups attached to an aromatic ring is 1. The summed E-state index contributed by atoms with van der Waals surface area (Å²) in [5.74, 6) is -0.0386. The topological polar surface area (TPSA) is 92.1 Å². The number of nitrogens with two attached hydrogens (primary N) is 1. The Morgan fingerprint density at radius 1 is 0.889 bits per heavy atom. The zero-order valence-corrected chi connectivity index (χ0v) is 14.2. The molecular weight excluding hydrogens is 352 g/mol. The number of benzene rings is 2. The number of carbonyl (C=O) groups excluding carboxylic acids is 1. The molecule has 0 radical (unpaired) electrons. The summed E-state index contributed by atoms with van der Waals surface area (Å²) in [6.07, 6.45) is 0. The van der Waals surface area contributed by atoms with Gasteiger partial charge in [-0.15, -0.1) is 0 Å². The van der Waals surface area contributed by atoms with E-state index in [1.54, 1.807) is 24.3 Å². The maximum absolute atomic E-state index is 12.9. The van der Waals surface area contributed by atoms with Crippen molar-refractivity contribution in [1.82, 2.24) is 4.98 Å². The molecule has 27 heavy (non-hydrogen) atoms. The molecule has 0 spiro atoms. The van der Waals surface area contributed by atoms with Crippen LogP contribution >= 0.6 is 0 Å². The molecule has 3 rings (SSSR count). The lowest BCUT2D eigenvalue weighted by Gasteiger charge is -2.11. The fraction of sp³-hybridized carbons (Fsp3) is 0.0526. The van der Waals surface area contributed by atoms with Crippen LogP contribution in [0, 0.1) is 11.6 Å². The molecule has 1 aromatic heterocycles. The van der Waals surface area contributed by atoms with E-state index in [2.05, 4.69) is 20.9 Å². The number of amides is 2. The predicted octanol–water partition coefficient (Wildman–Crippen LogP) is 4.20. The van der Waals surface area contributed by atoms with E-state index in [1.165, 1.54) is 36.4 Å². The van der Waals surface area contributed by atoms with Gasteiger partial charge in [-0.2, -0.15) is 0 Å². The minimum atomic E-state index is -0.526. The van der Waals surface area contributed by atoms with E-state index in [0.717, 1.165) is 5.56 Å². The predicted molar refractivity (Wildman–Crippen MR) is 101 cm³/mol. The molecule has 0 bridgehead atoms. The van der Waals surface area contributed by atoms with Crippen LogP contribution in [0.3, 0.4) is 0 Å².